The number of hydrogen-bond donors (Lipinski definition) is 1. The predicted octanol–water partition coefficient (Wildman–Crippen LogP) is 2.82. The van der Waals surface area contributed by atoms with Crippen LogP contribution in [0.4, 0.5) is 0 Å². The number of aromatic nitrogens is 3. The lowest BCUT2D eigenvalue weighted by Gasteiger charge is -2.10. The number of carbonyl (C=O) groups excluding carboxylic acids is 1. The summed E-state index contributed by atoms with van der Waals surface area (Å²) in [6, 6.07) is 8.22. The van der Waals surface area contributed by atoms with E-state index in [1.807, 2.05) is 31.2 Å². The third kappa shape index (κ3) is 4.81. The van der Waals surface area contributed by atoms with Crippen LogP contribution in [-0.4, -0.2) is 27.3 Å². The van der Waals surface area contributed by atoms with Crippen molar-refractivity contribution >= 4 is 5.91 Å². The van der Waals surface area contributed by atoms with Crippen molar-refractivity contribution in [3.63, 3.8) is 0 Å². The lowest BCUT2D eigenvalue weighted by atomic mass is 10.1. The fourth-order valence-electron chi connectivity index (χ4n) is 2.73. The van der Waals surface area contributed by atoms with E-state index >= 15 is 0 Å². The van der Waals surface area contributed by atoms with Crippen LogP contribution in [0.25, 0.3) is 0 Å². The highest BCUT2D eigenvalue weighted by Crippen LogP contribution is 2.36. The van der Waals surface area contributed by atoms with Gasteiger partial charge in [-0.2, -0.15) is 0 Å². The molecule has 1 N–H and O–H groups in total. The fraction of sp³-hybridized carbons (Fsp3) is 0.526. The number of ether oxygens (including phenoxy) is 1. The molecule has 134 valence electrons. The average Bonchev–Trinajstić information content (AvgIpc) is 3.35. The van der Waals surface area contributed by atoms with E-state index < -0.39 is 0 Å². The van der Waals surface area contributed by atoms with E-state index in [4.69, 9.17) is 4.74 Å². The molecule has 0 bridgehead atoms. The molecule has 1 heterocycles. The van der Waals surface area contributed by atoms with E-state index in [2.05, 4.69) is 33.9 Å². The summed E-state index contributed by atoms with van der Waals surface area (Å²) in [6.45, 7) is 7.31. The molecule has 1 aromatic heterocycles. The first-order valence-corrected chi connectivity index (χ1v) is 8.91. The van der Waals surface area contributed by atoms with Crippen LogP contribution in [0, 0.1) is 12.8 Å². The Morgan fingerprint density at radius 1 is 1.28 bits per heavy atom. The Bertz CT molecular complexity index is 718. The second-order valence-electron chi connectivity index (χ2n) is 7.07. The maximum atomic E-state index is 12.2. The summed E-state index contributed by atoms with van der Waals surface area (Å²) < 4.78 is 7.80. The number of benzene rings is 1. The van der Waals surface area contributed by atoms with Gasteiger partial charge in [0.15, 0.2) is 5.82 Å². The molecule has 1 aromatic carbocycles. The van der Waals surface area contributed by atoms with Crippen molar-refractivity contribution in [2.75, 3.05) is 6.61 Å². The number of rotatable bonds is 8. The fourth-order valence-corrected chi connectivity index (χ4v) is 2.73. The Hall–Kier alpha value is -2.37. The van der Waals surface area contributed by atoms with Crippen LogP contribution in [-0.2, 0) is 17.8 Å². The van der Waals surface area contributed by atoms with Gasteiger partial charge >= 0.3 is 0 Å². The molecule has 0 spiro atoms. The molecule has 6 heteroatoms. The highest BCUT2D eigenvalue weighted by atomic mass is 16.5. The van der Waals surface area contributed by atoms with Gasteiger partial charge in [-0.05, 0) is 43.4 Å². The monoisotopic (exact) mass is 342 g/mol. The molecule has 1 saturated carbocycles. The summed E-state index contributed by atoms with van der Waals surface area (Å²) in [4.78, 5) is 12.2. The molecule has 25 heavy (non-hydrogen) atoms. The molecule has 1 fully saturated rings. The lowest BCUT2D eigenvalue weighted by molar-refractivity contribution is -0.120. The first kappa shape index (κ1) is 17.5. The maximum absolute atomic E-state index is 12.2. The third-order valence-electron chi connectivity index (χ3n) is 4.16. The SMILES string of the molecule is Cc1nnc(CNC(=O)Cc2ccc(OCC(C)C)cc2)n1C1CC1. The molecule has 0 unspecified atom stereocenters. The summed E-state index contributed by atoms with van der Waals surface area (Å²) in [5, 5.41) is 11.3. The molecule has 0 saturated heterocycles. The summed E-state index contributed by atoms with van der Waals surface area (Å²) >= 11 is 0. The molecule has 0 radical (unpaired) electrons. The van der Waals surface area contributed by atoms with Crippen LogP contribution >= 0.6 is 0 Å². The quantitative estimate of drug-likeness (QED) is 0.801. The van der Waals surface area contributed by atoms with Gasteiger partial charge in [0.25, 0.3) is 0 Å². The van der Waals surface area contributed by atoms with Gasteiger partial charge in [-0.25, -0.2) is 0 Å². The normalized spacial score (nSPS) is 13.9. The molecule has 6 nitrogen and oxygen atoms in total. The third-order valence-corrected chi connectivity index (χ3v) is 4.16. The molecular weight excluding hydrogens is 316 g/mol. The number of nitrogens with zero attached hydrogens (tertiary/aromatic N) is 3. The number of aryl methyl sites for hydroxylation is 1. The minimum atomic E-state index is -0.0150. The van der Waals surface area contributed by atoms with Gasteiger partial charge in [-0.15, -0.1) is 10.2 Å². The highest BCUT2D eigenvalue weighted by Gasteiger charge is 2.28. The zero-order valence-electron chi connectivity index (χ0n) is 15.2. The van der Waals surface area contributed by atoms with E-state index in [0.29, 0.717) is 31.5 Å². The van der Waals surface area contributed by atoms with Gasteiger partial charge in [0, 0.05) is 6.04 Å². The zero-order valence-corrected chi connectivity index (χ0v) is 15.2. The first-order chi connectivity index (χ1) is 12.0. The van der Waals surface area contributed by atoms with Crippen molar-refractivity contribution in [1.82, 2.24) is 20.1 Å². The first-order valence-electron chi connectivity index (χ1n) is 8.91. The molecular formula is C19H26N4O2. The highest BCUT2D eigenvalue weighted by molar-refractivity contribution is 5.78. The predicted molar refractivity (Wildman–Crippen MR) is 95.4 cm³/mol. The minimum absolute atomic E-state index is 0.0150. The van der Waals surface area contributed by atoms with E-state index in [-0.39, 0.29) is 5.91 Å². The molecule has 3 rings (SSSR count). The summed E-state index contributed by atoms with van der Waals surface area (Å²) in [6.07, 6.45) is 2.69. The van der Waals surface area contributed by atoms with Crippen molar-refractivity contribution in [2.45, 2.75) is 52.6 Å². The van der Waals surface area contributed by atoms with Gasteiger partial charge in [-0.3, -0.25) is 4.79 Å². The van der Waals surface area contributed by atoms with Gasteiger partial charge < -0.3 is 14.6 Å². The van der Waals surface area contributed by atoms with E-state index in [9.17, 15) is 4.79 Å². The standard InChI is InChI=1S/C19H26N4O2/c1-13(2)12-25-17-8-4-15(5-9-17)10-19(24)20-11-18-22-21-14(3)23(18)16-6-7-16/h4-5,8-9,13,16H,6-7,10-12H2,1-3H3,(H,20,24). The molecule has 0 aliphatic heterocycles. The number of amides is 1. The number of carbonyl (C=O) groups is 1. The Balaban J connectivity index is 1.49. The number of hydrogen-bond acceptors (Lipinski definition) is 4. The zero-order chi connectivity index (χ0) is 17.8. The Morgan fingerprint density at radius 3 is 2.64 bits per heavy atom. The molecule has 1 aliphatic rings. The van der Waals surface area contributed by atoms with E-state index in [0.717, 1.165) is 23.0 Å². The average molecular weight is 342 g/mol. The topological polar surface area (TPSA) is 69.0 Å². The van der Waals surface area contributed by atoms with Crippen LogP contribution in [0.5, 0.6) is 5.75 Å². The minimum Gasteiger partial charge on any atom is -0.493 e. The van der Waals surface area contributed by atoms with Gasteiger partial charge in [0.05, 0.1) is 19.6 Å². The van der Waals surface area contributed by atoms with Crippen molar-refractivity contribution in [1.29, 1.82) is 0 Å². The van der Waals surface area contributed by atoms with Crippen molar-refractivity contribution in [3.8, 4) is 5.75 Å². The van der Waals surface area contributed by atoms with Crippen LogP contribution in [0.3, 0.4) is 0 Å². The summed E-state index contributed by atoms with van der Waals surface area (Å²) in [5.74, 6) is 3.08. The van der Waals surface area contributed by atoms with Gasteiger partial charge in [-0.1, -0.05) is 26.0 Å². The van der Waals surface area contributed by atoms with E-state index in [1.54, 1.807) is 0 Å². The Morgan fingerprint density at radius 2 is 2.00 bits per heavy atom. The molecule has 1 aliphatic carbocycles. The van der Waals surface area contributed by atoms with Gasteiger partial charge in [0.1, 0.15) is 11.6 Å². The Kier molecular flexibility index (Phi) is 5.36. The largest absolute Gasteiger partial charge is 0.493 e. The second-order valence-corrected chi connectivity index (χ2v) is 7.07. The van der Waals surface area contributed by atoms with Crippen molar-refractivity contribution in [2.24, 2.45) is 5.92 Å². The van der Waals surface area contributed by atoms with Crippen LogP contribution in [0.2, 0.25) is 0 Å². The van der Waals surface area contributed by atoms with E-state index in [1.165, 1.54) is 12.8 Å². The Labute approximate surface area is 148 Å². The summed E-state index contributed by atoms with van der Waals surface area (Å²) in [5.41, 5.74) is 0.967. The second kappa shape index (κ2) is 7.68. The smallest absolute Gasteiger partial charge is 0.224 e. The molecule has 0 atom stereocenters. The van der Waals surface area contributed by atoms with Crippen LogP contribution in [0.15, 0.2) is 24.3 Å². The maximum Gasteiger partial charge on any atom is 0.224 e. The summed E-state index contributed by atoms with van der Waals surface area (Å²) in [7, 11) is 0. The van der Waals surface area contributed by atoms with Crippen LogP contribution < -0.4 is 10.1 Å². The van der Waals surface area contributed by atoms with Crippen molar-refractivity contribution < 1.29 is 9.53 Å². The molecule has 1 amide bonds. The number of nitrogens with one attached hydrogen (secondary N) is 1. The van der Waals surface area contributed by atoms with Crippen LogP contribution in [0.1, 0.15) is 49.9 Å². The molecule has 2 aromatic rings. The van der Waals surface area contributed by atoms with Gasteiger partial charge in [0.2, 0.25) is 5.91 Å². The van der Waals surface area contributed by atoms with Crippen molar-refractivity contribution in [3.05, 3.63) is 41.5 Å². The lowest BCUT2D eigenvalue weighted by Crippen LogP contribution is -2.26.